The van der Waals surface area contributed by atoms with Gasteiger partial charge in [0.05, 0.1) is 10.7 Å². The Kier molecular flexibility index (Phi) is 4.86. The Morgan fingerprint density at radius 1 is 1.19 bits per heavy atom. The van der Waals surface area contributed by atoms with E-state index >= 15 is 0 Å². The minimum Gasteiger partial charge on any atom is -0.478 e. The van der Waals surface area contributed by atoms with E-state index in [2.05, 4.69) is 31.3 Å². The second-order valence-electron chi connectivity index (χ2n) is 5.22. The van der Waals surface area contributed by atoms with Crippen LogP contribution in [0.25, 0.3) is 0 Å². The first-order chi connectivity index (χ1) is 9.99. The summed E-state index contributed by atoms with van der Waals surface area (Å²) in [5.41, 5.74) is 3.02. The van der Waals surface area contributed by atoms with Crippen LogP contribution in [0.3, 0.4) is 0 Å². The Balaban J connectivity index is 2.13. The summed E-state index contributed by atoms with van der Waals surface area (Å²) in [6.45, 7) is 4.86. The quantitative estimate of drug-likeness (QED) is 0.836. The molecule has 0 unspecified atom stereocenters. The van der Waals surface area contributed by atoms with Gasteiger partial charge in [0.2, 0.25) is 0 Å². The molecule has 0 spiro atoms. The molecular weight excluding hydrogens is 286 g/mol. The topological polar surface area (TPSA) is 49.3 Å². The van der Waals surface area contributed by atoms with E-state index in [4.69, 9.17) is 11.6 Å². The van der Waals surface area contributed by atoms with Crippen molar-refractivity contribution in [2.45, 2.75) is 26.3 Å². The third-order valence-corrected chi connectivity index (χ3v) is 3.67. The number of anilines is 1. The average molecular weight is 304 g/mol. The van der Waals surface area contributed by atoms with Crippen LogP contribution in [0.15, 0.2) is 42.5 Å². The van der Waals surface area contributed by atoms with E-state index in [1.165, 1.54) is 5.56 Å². The predicted molar refractivity (Wildman–Crippen MR) is 86.3 cm³/mol. The summed E-state index contributed by atoms with van der Waals surface area (Å²) in [6, 6.07) is 13.3. The molecule has 2 N–H and O–H groups in total. The molecule has 0 heterocycles. The fourth-order valence-corrected chi connectivity index (χ4v) is 2.36. The monoisotopic (exact) mass is 303 g/mol. The molecule has 0 bridgehead atoms. The zero-order valence-corrected chi connectivity index (χ0v) is 12.8. The highest BCUT2D eigenvalue weighted by Crippen LogP contribution is 2.25. The van der Waals surface area contributed by atoms with Gasteiger partial charge in [0.1, 0.15) is 5.56 Å². The van der Waals surface area contributed by atoms with Gasteiger partial charge in [-0.05, 0) is 29.2 Å². The lowest BCUT2D eigenvalue weighted by Gasteiger charge is -2.12. The van der Waals surface area contributed by atoms with Crippen molar-refractivity contribution in [3.05, 3.63) is 64.2 Å². The molecule has 0 fully saturated rings. The van der Waals surface area contributed by atoms with Crippen molar-refractivity contribution in [1.29, 1.82) is 0 Å². The summed E-state index contributed by atoms with van der Waals surface area (Å²) in [4.78, 5) is 11.2. The number of rotatable bonds is 5. The second-order valence-corrected chi connectivity index (χ2v) is 5.62. The molecule has 0 amide bonds. The van der Waals surface area contributed by atoms with Crippen molar-refractivity contribution in [3.8, 4) is 0 Å². The van der Waals surface area contributed by atoms with Gasteiger partial charge in [-0.15, -0.1) is 0 Å². The van der Waals surface area contributed by atoms with Crippen molar-refractivity contribution >= 4 is 23.3 Å². The lowest BCUT2D eigenvalue weighted by molar-refractivity contribution is 0.0698. The largest absolute Gasteiger partial charge is 0.478 e. The molecule has 0 aromatic heterocycles. The number of carboxylic acids is 1. The number of benzene rings is 2. The number of hydrogen-bond acceptors (Lipinski definition) is 2. The van der Waals surface area contributed by atoms with Gasteiger partial charge in [-0.3, -0.25) is 0 Å². The van der Waals surface area contributed by atoms with Crippen molar-refractivity contribution in [3.63, 3.8) is 0 Å². The van der Waals surface area contributed by atoms with Gasteiger partial charge >= 0.3 is 5.97 Å². The average Bonchev–Trinajstić information content (AvgIpc) is 2.45. The van der Waals surface area contributed by atoms with Gasteiger partial charge < -0.3 is 10.4 Å². The Bertz CT molecular complexity index is 636. The van der Waals surface area contributed by atoms with Crippen LogP contribution in [-0.2, 0) is 6.54 Å². The summed E-state index contributed by atoms with van der Waals surface area (Å²) in [6.07, 6.45) is 0. The van der Waals surface area contributed by atoms with Crippen molar-refractivity contribution in [2.24, 2.45) is 0 Å². The summed E-state index contributed by atoms with van der Waals surface area (Å²) in [7, 11) is 0. The molecule has 0 aliphatic heterocycles. The minimum absolute atomic E-state index is 0.109. The Morgan fingerprint density at radius 3 is 2.43 bits per heavy atom. The maximum Gasteiger partial charge on any atom is 0.339 e. The highest BCUT2D eigenvalue weighted by atomic mass is 35.5. The number of halogens is 1. The SMILES string of the molecule is CC(C)c1ccc(CNc2cccc(Cl)c2C(=O)O)cc1. The number of carboxylic acid groups (broad SMARTS) is 1. The fraction of sp³-hybridized carbons (Fsp3) is 0.235. The van der Waals surface area contributed by atoms with E-state index in [-0.39, 0.29) is 10.6 Å². The Morgan fingerprint density at radius 2 is 1.86 bits per heavy atom. The number of carbonyl (C=O) groups is 1. The van der Waals surface area contributed by atoms with Gasteiger partial charge in [0.25, 0.3) is 0 Å². The van der Waals surface area contributed by atoms with Crippen LogP contribution in [-0.4, -0.2) is 11.1 Å². The molecule has 0 atom stereocenters. The van der Waals surface area contributed by atoms with Gasteiger partial charge in [0, 0.05) is 6.54 Å². The first-order valence-corrected chi connectivity index (χ1v) is 7.21. The maximum absolute atomic E-state index is 11.2. The van der Waals surface area contributed by atoms with E-state index < -0.39 is 5.97 Å². The molecule has 0 saturated heterocycles. The first kappa shape index (κ1) is 15.4. The molecule has 2 rings (SSSR count). The van der Waals surface area contributed by atoms with E-state index in [0.717, 1.165) is 5.56 Å². The number of hydrogen-bond donors (Lipinski definition) is 2. The molecule has 0 aliphatic carbocycles. The van der Waals surface area contributed by atoms with Crippen molar-refractivity contribution < 1.29 is 9.90 Å². The molecule has 0 aliphatic rings. The van der Waals surface area contributed by atoms with Crippen LogP contribution in [0.2, 0.25) is 5.02 Å². The molecule has 110 valence electrons. The third-order valence-electron chi connectivity index (χ3n) is 3.36. The van der Waals surface area contributed by atoms with E-state index in [0.29, 0.717) is 18.2 Å². The normalized spacial score (nSPS) is 10.7. The second kappa shape index (κ2) is 6.64. The smallest absolute Gasteiger partial charge is 0.339 e. The molecule has 2 aromatic carbocycles. The van der Waals surface area contributed by atoms with Crippen LogP contribution in [0.1, 0.15) is 41.3 Å². The first-order valence-electron chi connectivity index (χ1n) is 6.83. The summed E-state index contributed by atoms with van der Waals surface area (Å²) in [5, 5.41) is 12.6. The minimum atomic E-state index is -1.03. The molecule has 21 heavy (non-hydrogen) atoms. The zero-order valence-electron chi connectivity index (χ0n) is 12.1. The Labute approximate surface area is 129 Å². The zero-order chi connectivity index (χ0) is 15.4. The number of aromatic carboxylic acids is 1. The highest BCUT2D eigenvalue weighted by molar-refractivity contribution is 6.34. The van der Waals surface area contributed by atoms with E-state index in [1.54, 1.807) is 18.2 Å². The van der Waals surface area contributed by atoms with Crippen LogP contribution in [0.5, 0.6) is 0 Å². The summed E-state index contributed by atoms with van der Waals surface area (Å²) in [5.74, 6) is -0.531. The van der Waals surface area contributed by atoms with Crippen LogP contribution >= 0.6 is 11.6 Å². The van der Waals surface area contributed by atoms with Gasteiger partial charge in [-0.1, -0.05) is 55.8 Å². The lowest BCUT2D eigenvalue weighted by atomic mass is 10.0. The van der Waals surface area contributed by atoms with Crippen LogP contribution < -0.4 is 5.32 Å². The standard InChI is InChI=1S/C17H18ClNO2/c1-11(2)13-8-6-12(7-9-13)10-19-15-5-3-4-14(18)16(15)17(20)21/h3-9,11,19H,10H2,1-2H3,(H,20,21). The summed E-state index contributed by atoms with van der Waals surface area (Å²) >= 11 is 5.94. The fourth-order valence-electron chi connectivity index (χ4n) is 2.11. The van der Waals surface area contributed by atoms with Gasteiger partial charge in [0.15, 0.2) is 0 Å². The van der Waals surface area contributed by atoms with E-state index in [1.807, 2.05) is 12.1 Å². The van der Waals surface area contributed by atoms with Crippen LogP contribution in [0, 0.1) is 0 Å². The summed E-state index contributed by atoms with van der Waals surface area (Å²) < 4.78 is 0. The highest BCUT2D eigenvalue weighted by Gasteiger charge is 2.13. The molecule has 0 saturated carbocycles. The Hall–Kier alpha value is -2.00. The molecule has 2 aromatic rings. The third kappa shape index (κ3) is 3.76. The molecule has 0 radical (unpaired) electrons. The van der Waals surface area contributed by atoms with E-state index in [9.17, 15) is 9.90 Å². The lowest BCUT2D eigenvalue weighted by Crippen LogP contribution is -2.07. The van der Waals surface area contributed by atoms with Crippen LogP contribution in [0.4, 0.5) is 5.69 Å². The molecular formula is C17H18ClNO2. The maximum atomic E-state index is 11.2. The van der Waals surface area contributed by atoms with Gasteiger partial charge in [-0.2, -0.15) is 0 Å². The molecule has 3 nitrogen and oxygen atoms in total. The van der Waals surface area contributed by atoms with Gasteiger partial charge in [-0.25, -0.2) is 4.79 Å². The number of nitrogens with one attached hydrogen (secondary N) is 1. The van der Waals surface area contributed by atoms with Crippen molar-refractivity contribution in [1.82, 2.24) is 0 Å². The predicted octanol–water partition coefficient (Wildman–Crippen LogP) is 4.77. The van der Waals surface area contributed by atoms with Crippen molar-refractivity contribution in [2.75, 3.05) is 5.32 Å². The molecule has 4 heteroatoms.